The number of rotatable bonds is 4. The first-order chi connectivity index (χ1) is 7.47. The van der Waals surface area contributed by atoms with Gasteiger partial charge in [0.1, 0.15) is 5.82 Å². The molecule has 1 atom stereocenters. The molecule has 0 bridgehead atoms. The smallest absolute Gasteiger partial charge is 0.165 e. The molecule has 0 N–H and O–H groups in total. The normalized spacial score (nSPS) is 12.6. The fourth-order valence-electron chi connectivity index (χ4n) is 1.94. The molecule has 88 valence electrons. The van der Waals surface area contributed by atoms with Gasteiger partial charge >= 0.3 is 0 Å². The van der Waals surface area contributed by atoms with Crippen LogP contribution in [-0.4, -0.2) is 5.78 Å². The SMILES string of the molecule is CCCC(C)C(=O)c1cc(C)c(F)c(C)c1. The van der Waals surface area contributed by atoms with E-state index in [2.05, 4.69) is 6.92 Å². The zero-order valence-electron chi connectivity index (χ0n) is 10.4. The second kappa shape index (κ2) is 5.24. The zero-order valence-corrected chi connectivity index (χ0v) is 10.4. The second-order valence-electron chi connectivity index (χ2n) is 4.48. The van der Waals surface area contributed by atoms with E-state index in [1.54, 1.807) is 26.0 Å². The average molecular weight is 222 g/mol. The third-order valence-corrected chi connectivity index (χ3v) is 2.89. The van der Waals surface area contributed by atoms with Crippen LogP contribution in [0.4, 0.5) is 4.39 Å². The summed E-state index contributed by atoms with van der Waals surface area (Å²) in [4.78, 5) is 12.0. The van der Waals surface area contributed by atoms with E-state index < -0.39 is 0 Å². The fourth-order valence-corrected chi connectivity index (χ4v) is 1.94. The number of hydrogen-bond acceptors (Lipinski definition) is 1. The molecule has 0 amide bonds. The highest BCUT2D eigenvalue weighted by atomic mass is 19.1. The lowest BCUT2D eigenvalue weighted by Crippen LogP contribution is -2.12. The summed E-state index contributed by atoms with van der Waals surface area (Å²) in [6.45, 7) is 7.39. The summed E-state index contributed by atoms with van der Waals surface area (Å²) < 4.78 is 13.4. The lowest BCUT2D eigenvalue weighted by atomic mass is 9.93. The van der Waals surface area contributed by atoms with E-state index in [1.807, 2.05) is 6.92 Å². The molecule has 16 heavy (non-hydrogen) atoms. The standard InChI is InChI=1S/C14H19FO/c1-5-6-9(2)14(16)12-7-10(3)13(15)11(4)8-12/h7-9H,5-6H2,1-4H3. The van der Waals surface area contributed by atoms with E-state index in [0.717, 1.165) is 12.8 Å². The van der Waals surface area contributed by atoms with Crippen molar-refractivity contribution in [3.63, 3.8) is 0 Å². The van der Waals surface area contributed by atoms with Crippen molar-refractivity contribution >= 4 is 5.78 Å². The maximum absolute atomic E-state index is 13.4. The molecule has 0 saturated heterocycles. The molecule has 0 fully saturated rings. The summed E-state index contributed by atoms with van der Waals surface area (Å²) in [7, 11) is 0. The Kier molecular flexibility index (Phi) is 4.22. The Morgan fingerprint density at radius 2 is 1.81 bits per heavy atom. The maximum Gasteiger partial charge on any atom is 0.165 e. The van der Waals surface area contributed by atoms with Crippen LogP contribution in [0, 0.1) is 25.6 Å². The number of hydrogen-bond donors (Lipinski definition) is 0. The second-order valence-corrected chi connectivity index (χ2v) is 4.48. The van der Waals surface area contributed by atoms with Crippen LogP contribution in [0.3, 0.4) is 0 Å². The van der Waals surface area contributed by atoms with Gasteiger partial charge in [-0.2, -0.15) is 0 Å². The summed E-state index contributed by atoms with van der Waals surface area (Å²) in [5.74, 6) is -0.0676. The topological polar surface area (TPSA) is 17.1 Å². The monoisotopic (exact) mass is 222 g/mol. The highest BCUT2D eigenvalue weighted by Crippen LogP contribution is 2.19. The molecule has 1 rings (SSSR count). The van der Waals surface area contributed by atoms with Crippen molar-refractivity contribution in [2.45, 2.75) is 40.5 Å². The zero-order chi connectivity index (χ0) is 12.3. The van der Waals surface area contributed by atoms with Crippen molar-refractivity contribution in [3.8, 4) is 0 Å². The van der Waals surface area contributed by atoms with E-state index in [4.69, 9.17) is 0 Å². The summed E-state index contributed by atoms with van der Waals surface area (Å²) in [5.41, 5.74) is 1.73. The molecule has 0 spiro atoms. The van der Waals surface area contributed by atoms with Crippen molar-refractivity contribution in [1.29, 1.82) is 0 Å². The van der Waals surface area contributed by atoms with Gasteiger partial charge in [0.15, 0.2) is 5.78 Å². The first-order valence-corrected chi connectivity index (χ1v) is 5.78. The summed E-state index contributed by atoms with van der Waals surface area (Å²) in [5, 5.41) is 0. The molecular formula is C14H19FO. The minimum absolute atomic E-state index is 0.0225. The number of benzene rings is 1. The number of Topliss-reactive ketones (excluding diaryl/α,β-unsaturated/α-hetero) is 1. The minimum atomic E-state index is -0.209. The third kappa shape index (κ3) is 2.69. The van der Waals surface area contributed by atoms with Crippen LogP contribution in [0.2, 0.25) is 0 Å². The van der Waals surface area contributed by atoms with Gasteiger partial charge in [-0.15, -0.1) is 0 Å². The number of halogens is 1. The fraction of sp³-hybridized carbons (Fsp3) is 0.500. The first-order valence-electron chi connectivity index (χ1n) is 5.78. The first kappa shape index (κ1) is 12.9. The number of carbonyl (C=O) groups is 1. The molecule has 1 aromatic rings. The largest absolute Gasteiger partial charge is 0.294 e. The molecule has 1 nitrogen and oxygen atoms in total. The van der Waals surface area contributed by atoms with Crippen LogP contribution < -0.4 is 0 Å². The van der Waals surface area contributed by atoms with Crippen molar-refractivity contribution in [1.82, 2.24) is 0 Å². The van der Waals surface area contributed by atoms with Gasteiger partial charge in [0.05, 0.1) is 0 Å². The van der Waals surface area contributed by atoms with Gasteiger partial charge in [0, 0.05) is 11.5 Å². The van der Waals surface area contributed by atoms with E-state index in [0.29, 0.717) is 16.7 Å². The van der Waals surface area contributed by atoms with Crippen LogP contribution >= 0.6 is 0 Å². The minimum Gasteiger partial charge on any atom is -0.294 e. The van der Waals surface area contributed by atoms with Gasteiger partial charge in [-0.3, -0.25) is 4.79 Å². The van der Waals surface area contributed by atoms with Crippen LogP contribution in [0.1, 0.15) is 48.2 Å². The van der Waals surface area contributed by atoms with E-state index >= 15 is 0 Å². The van der Waals surface area contributed by atoms with E-state index in [1.165, 1.54) is 0 Å². The lowest BCUT2D eigenvalue weighted by Gasteiger charge is -2.11. The molecule has 0 aliphatic rings. The van der Waals surface area contributed by atoms with Crippen LogP contribution in [0.15, 0.2) is 12.1 Å². The molecule has 0 heterocycles. The lowest BCUT2D eigenvalue weighted by molar-refractivity contribution is 0.0923. The predicted octanol–water partition coefficient (Wildman–Crippen LogP) is 4.06. The Morgan fingerprint density at radius 3 is 2.25 bits per heavy atom. The summed E-state index contributed by atoms with van der Waals surface area (Å²) >= 11 is 0. The molecule has 1 aromatic carbocycles. The third-order valence-electron chi connectivity index (χ3n) is 2.89. The number of ketones is 1. The van der Waals surface area contributed by atoms with Crippen LogP contribution in [-0.2, 0) is 0 Å². The van der Waals surface area contributed by atoms with E-state index in [9.17, 15) is 9.18 Å². The van der Waals surface area contributed by atoms with Gasteiger partial charge in [0.25, 0.3) is 0 Å². The summed E-state index contributed by atoms with van der Waals surface area (Å²) in [6.07, 6.45) is 1.88. The molecule has 0 radical (unpaired) electrons. The Labute approximate surface area is 96.7 Å². The van der Waals surface area contributed by atoms with Crippen molar-refractivity contribution < 1.29 is 9.18 Å². The quantitative estimate of drug-likeness (QED) is 0.702. The van der Waals surface area contributed by atoms with Crippen molar-refractivity contribution in [2.24, 2.45) is 5.92 Å². The van der Waals surface area contributed by atoms with Crippen LogP contribution in [0.25, 0.3) is 0 Å². The molecule has 2 heteroatoms. The Morgan fingerprint density at radius 1 is 1.31 bits per heavy atom. The van der Waals surface area contributed by atoms with Crippen molar-refractivity contribution in [3.05, 3.63) is 34.6 Å². The van der Waals surface area contributed by atoms with E-state index in [-0.39, 0.29) is 17.5 Å². The van der Waals surface area contributed by atoms with Gasteiger partial charge in [0.2, 0.25) is 0 Å². The molecule has 0 saturated carbocycles. The maximum atomic E-state index is 13.4. The average Bonchev–Trinajstić information content (AvgIpc) is 2.24. The Hall–Kier alpha value is -1.18. The van der Waals surface area contributed by atoms with Crippen LogP contribution in [0.5, 0.6) is 0 Å². The van der Waals surface area contributed by atoms with Gasteiger partial charge in [-0.05, 0) is 43.5 Å². The Balaban J connectivity index is 3.01. The predicted molar refractivity (Wildman–Crippen MR) is 64.3 cm³/mol. The highest BCUT2D eigenvalue weighted by Gasteiger charge is 2.16. The molecule has 0 aliphatic heterocycles. The van der Waals surface area contributed by atoms with Gasteiger partial charge in [-0.1, -0.05) is 20.3 Å². The Bertz CT molecular complexity index is 373. The molecular weight excluding hydrogens is 203 g/mol. The molecule has 0 aromatic heterocycles. The van der Waals surface area contributed by atoms with Crippen molar-refractivity contribution in [2.75, 3.05) is 0 Å². The summed E-state index contributed by atoms with van der Waals surface area (Å²) in [6, 6.07) is 3.30. The highest BCUT2D eigenvalue weighted by molar-refractivity contribution is 5.98. The molecule has 0 aliphatic carbocycles. The number of aryl methyl sites for hydroxylation is 2. The van der Waals surface area contributed by atoms with Gasteiger partial charge in [-0.25, -0.2) is 4.39 Å². The number of carbonyl (C=O) groups excluding carboxylic acids is 1. The van der Waals surface area contributed by atoms with Gasteiger partial charge < -0.3 is 0 Å². The molecule has 1 unspecified atom stereocenters.